The summed E-state index contributed by atoms with van der Waals surface area (Å²) in [5.74, 6) is -0.319. The van der Waals surface area contributed by atoms with Crippen molar-refractivity contribution in [2.45, 2.75) is 25.3 Å². The number of carbonyl (C=O) groups is 2. The number of nitrogens with one attached hydrogen (secondary N) is 2. The number of halogens is 1. The van der Waals surface area contributed by atoms with Crippen molar-refractivity contribution in [2.24, 2.45) is 0 Å². The van der Waals surface area contributed by atoms with Gasteiger partial charge in [0.25, 0.3) is 0 Å². The molecule has 5 rings (SSSR count). The predicted molar refractivity (Wildman–Crippen MR) is 121 cm³/mol. The molecule has 0 saturated heterocycles. The second kappa shape index (κ2) is 8.00. The molecule has 1 aromatic heterocycles. The summed E-state index contributed by atoms with van der Waals surface area (Å²) in [6.45, 7) is 0. The molecule has 0 bridgehead atoms. The molecule has 2 N–H and O–H groups in total. The Morgan fingerprint density at radius 1 is 1.06 bits per heavy atom. The van der Waals surface area contributed by atoms with Gasteiger partial charge in [0.1, 0.15) is 11.9 Å². The van der Waals surface area contributed by atoms with E-state index in [1.165, 1.54) is 35.6 Å². The van der Waals surface area contributed by atoms with E-state index < -0.39 is 6.04 Å². The normalized spacial score (nSPS) is 18.0. The Balaban J connectivity index is 1.66. The van der Waals surface area contributed by atoms with Crippen LogP contribution in [-0.2, 0) is 4.79 Å². The second-order valence-corrected chi connectivity index (χ2v) is 8.52. The van der Waals surface area contributed by atoms with Crippen LogP contribution in [0.25, 0.3) is 0 Å². The molecule has 0 spiro atoms. The highest BCUT2D eigenvalue weighted by Crippen LogP contribution is 2.45. The molecule has 0 radical (unpaired) electrons. The number of ketones is 1. The van der Waals surface area contributed by atoms with E-state index in [1.807, 2.05) is 41.8 Å². The molecule has 2 aromatic carbocycles. The minimum absolute atomic E-state index is 0.0551. The van der Waals surface area contributed by atoms with E-state index in [1.54, 1.807) is 4.90 Å². The first kappa shape index (κ1) is 19.5. The maximum atomic E-state index is 13.6. The summed E-state index contributed by atoms with van der Waals surface area (Å²) in [6.07, 6.45) is 2.00. The molecule has 2 heterocycles. The lowest BCUT2D eigenvalue weighted by Gasteiger charge is -2.33. The van der Waals surface area contributed by atoms with Crippen LogP contribution < -0.4 is 15.5 Å². The fourth-order valence-corrected chi connectivity index (χ4v) is 5.01. The Morgan fingerprint density at radius 2 is 1.87 bits per heavy atom. The molecule has 3 aromatic rings. The standard InChI is InChI=1S/C24H20FN3O2S/c25-15-10-12-16(13-11-15)26-24(30)28-19-7-2-1-5-17(19)27-18-6-3-8-20(29)22(18)23(28)21-9-4-14-31-21/h1-2,4-5,7,9-14,23,27H,3,6,8H2,(H,26,30)/t23-/m0/s1. The van der Waals surface area contributed by atoms with Crippen LogP contribution in [0.1, 0.15) is 30.2 Å². The summed E-state index contributed by atoms with van der Waals surface area (Å²) < 4.78 is 13.3. The van der Waals surface area contributed by atoms with Gasteiger partial charge in [-0.15, -0.1) is 11.3 Å². The number of benzene rings is 2. The minimum atomic E-state index is -0.542. The summed E-state index contributed by atoms with van der Waals surface area (Å²) in [5, 5.41) is 8.25. The molecule has 1 atom stereocenters. The van der Waals surface area contributed by atoms with Crippen molar-refractivity contribution in [3.63, 3.8) is 0 Å². The van der Waals surface area contributed by atoms with E-state index in [-0.39, 0.29) is 17.6 Å². The van der Waals surface area contributed by atoms with Crippen LogP contribution in [0.15, 0.2) is 77.3 Å². The molecular formula is C24H20FN3O2S. The first-order valence-corrected chi connectivity index (χ1v) is 11.0. The Morgan fingerprint density at radius 3 is 2.65 bits per heavy atom. The number of hydrogen-bond acceptors (Lipinski definition) is 4. The fraction of sp³-hybridized carbons (Fsp3) is 0.167. The van der Waals surface area contributed by atoms with Crippen LogP contribution in [-0.4, -0.2) is 11.8 Å². The largest absolute Gasteiger partial charge is 0.357 e. The number of thiophene rings is 1. The fourth-order valence-electron chi connectivity index (χ4n) is 4.19. The van der Waals surface area contributed by atoms with E-state index in [0.29, 0.717) is 23.4 Å². The van der Waals surface area contributed by atoms with Crippen molar-refractivity contribution in [1.82, 2.24) is 0 Å². The third kappa shape index (κ3) is 3.61. The van der Waals surface area contributed by atoms with Crippen molar-refractivity contribution in [2.75, 3.05) is 15.5 Å². The summed E-state index contributed by atoms with van der Waals surface area (Å²) in [4.78, 5) is 29.3. The summed E-state index contributed by atoms with van der Waals surface area (Å²) >= 11 is 1.52. The highest BCUT2D eigenvalue weighted by atomic mass is 32.1. The number of Topliss-reactive ketones (excluding diaryl/α,β-unsaturated/α-hetero) is 1. The van der Waals surface area contributed by atoms with E-state index in [9.17, 15) is 14.0 Å². The van der Waals surface area contributed by atoms with Gasteiger partial charge < -0.3 is 10.6 Å². The Hall–Kier alpha value is -3.45. The number of urea groups is 1. The first-order valence-electron chi connectivity index (χ1n) is 10.1. The lowest BCUT2D eigenvalue weighted by atomic mass is 9.88. The van der Waals surface area contributed by atoms with Crippen molar-refractivity contribution in [3.8, 4) is 0 Å². The van der Waals surface area contributed by atoms with Gasteiger partial charge in [-0.25, -0.2) is 9.18 Å². The van der Waals surface area contributed by atoms with Gasteiger partial charge in [0.05, 0.1) is 11.4 Å². The summed E-state index contributed by atoms with van der Waals surface area (Å²) in [6, 6.07) is 16.1. The molecule has 2 aliphatic rings. The Kier molecular flexibility index (Phi) is 5.03. The number of hydrogen-bond donors (Lipinski definition) is 2. The first-order chi connectivity index (χ1) is 15.1. The van der Waals surface area contributed by atoms with Gasteiger partial charge in [-0.1, -0.05) is 18.2 Å². The summed E-state index contributed by atoms with van der Waals surface area (Å²) in [7, 11) is 0. The van der Waals surface area contributed by atoms with Crippen molar-refractivity contribution < 1.29 is 14.0 Å². The van der Waals surface area contributed by atoms with Gasteiger partial charge in [0.15, 0.2) is 5.78 Å². The van der Waals surface area contributed by atoms with Gasteiger partial charge in [0.2, 0.25) is 0 Å². The van der Waals surface area contributed by atoms with Gasteiger partial charge in [-0.2, -0.15) is 0 Å². The molecule has 0 unspecified atom stereocenters. The van der Waals surface area contributed by atoms with Crippen molar-refractivity contribution in [1.29, 1.82) is 0 Å². The van der Waals surface area contributed by atoms with Gasteiger partial charge >= 0.3 is 6.03 Å². The number of carbonyl (C=O) groups excluding carboxylic acids is 2. The predicted octanol–water partition coefficient (Wildman–Crippen LogP) is 6.10. The molecular weight excluding hydrogens is 413 g/mol. The van der Waals surface area contributed by atoms with Crippen molar-refractivity contribution >= 4 is 40.2 Å². The molecule has 31 heavy (non-hydrogen) atoms. The number of allylic oxidation sites excluding steroid dienone is 1. The molecule has 7 heteroatoms. The molecule has 5 nitrogen and oxygen atoms in total. The molecule has 1 aliphatic heterocycles. The average molecular weight is 434 g/mol. The number of fused-ring (bicyclic) bond motifs is 1. The van der Waals surface area contributed by atoms with Gasteiger partial charge in [0, 0.05) is 28.3 Å². The van der Waals surface area contributed by atoms with Crippen LogP contribution in [0.2, 0.25) is 0 Å². The zero-order valence-electron chi connectivity index (χ0n) is 16.6. The number of anilines is 3. The Labute approximate surface area is 183 Å². The zero-order valence-corrected chi connectivity index (χ0v) is 17.4. The number of para-hydroxylation sites is 2. The average Bonchev–Trinajstić information content (AvgIpc) is 3.25. The molecule has 0 fully saturated rings. The second-order valence-electron chi connectivity index (χ2n) is 7.54. The van der Waals surface area contributed by atoms with Gasteiger partial charge in [-0.05, 0) is 60.7 Å². The van der Waals surface area contributed by atoms with Gasteiger partial charge in [-0.3, -0.25) is 9.69 Å². The molecule has 2 amide bonds. The van der Waals surface area contributed by atoms with E-state index in [0.717, 1.165) is 29.1 Å². The topological polar surface area (TPSA) is 61.4 Å². The Bertz CT molecular complexity index is 1170. The lowest BCUT2D eigenvalue weighted by Crippen LogP contribution is -2.40. The molecule has 156 valence electrons. The SMILES string of the molecule is O=C1CCCC2=C1[C@H](c1cccs1)N(C(=O)Nc1ccc(F)cc1)c1ccccc1N2. The maximum Gasteiger partial charge on any atom is 0.327 e. The third-order valence-electron chi connectivity index (χ3n) is 5.56. The third-order valence-corrected chi connectivity index (χ3v) is 6.49. The van der Waals surface area contributed by atoms with E-state index in [4.69, 9.17) is 0 Å². The monoisotopic (exact) mass is 433 g/mol. The minimum Gasteiger partial charge on any atom is -0.357 e. The van der Waals surface area contributed by atoms with E-state index >= 15 is 0 Å². The van der Waals surface area contributed by atoms with Crippen LogP contribution in [0.5, 0.6) is 0 Å². The highest BCUT2D eigenvalue weighted by Gasteiger charge is 2.40. The number of rotatable bonds is 2. The van der Waals surface area contributed by atoms with Crippen LogP contribution in [0.3, 0.4) is 0 Å². The highest BCUT2D eigenvalue weighted by molar-refractivity contribution is 7.10. The smallest absolute Gasteiger partial charge is 0.327 e. The zero-order chi connectivity index (χ0) is 21.4. The summed E-state index contributed by atoms with van der Waals surface area (Å²) in [5.41, 5.74) is 3.45. The molecule has 1 aliphatic carbocycles. The van der Waals surface area contributed by atoms with Crippen molar-refractivity contribution in [3.05, 3.63) is 88.0 Å². The number of nitrogens with zero attached hydrogens (tertiary/aromatic N) is 1. The lowest BCUT2D eigenvalue weighted by molar-refractivity contribution is -0.116. The van der Waals surface area contributed by atoms with Crippen LogP contribution in [0.4, 0.5) is 26.2 Å². The quantitative estimate of drug-likeness (QED) is 0.513. The van der Waals surface area contributed by atoms with E-state index in [2.05, 4.69) is 10.6 Å². The van der Waals surface area contributed by atoms with Crippen LogP contribution in [0, 0.1) is 5.82 Å². The molecule has 0 saturated carbocycles. The number of amides is 2. The maximum absolute atomic E-state index is 13.6. The van der Waals surface area contributed by atoms with Crippen LogP contribution >= 0.6 is 11.3 Å².